The number of hydrogen-bond acceptors (Lipinski definition) is 5. The van der Waals surface area contributed by atoms with Crippen LogP contribution < -0.4 is 10.9 Å². The van der Waals surface area contributed by atoms with E-state index in [0.717, 1.165) is 5.56 Å². The molecule has 0 aliphatic carbocycles. The summed E-state index contributed by atoms with van der Waals surface area (Å²) in [5.74, 6) is 0.520. The van der Waals surface area contributed by atoms with E-state index in [2.05, 4.69) is 16.9 Å². The summed E-state index contributed by atoms with van der Waals surface area (Å²) in [5, 5.41) is 13.7. The van der Waals surface area contributed by atoms with Crippen LogP contribution >= 0.6 is 0 Å². The number of carbonyl (C=O) groups is 1. The van der Waals surface area contributed by atoms with E-state index in [1.165, 1.54) is 17.0 Å². The van der Waals surface area contributed by atoms with Crippen LogP contribution in [0.3, 0.4) is 0 Å². The van der Waals surface area contributed by atoms with Gasteiger partial charge in [0, 0.05) is 38.5 Å². The molecule has 1 saturated heterocycles. The van der Waals surface area contributed by atoms with Crippen molar-refractivity contribution < 1.29 is 9.90 Å². The minimum atomic E-state index is -1.03. The average molecular weight is 396 g/mol. The highest BCUT2D eigenvalue weighted by Gasteiger charge is 2.35. The topological polar surface area (TPSA) is 87.5 Å². The van der Waals surface area contributed by atoms with E-state index in [1.807, 2.05) is 36.4 Å². The zero-order valence-electron chi connectivity index (χ0n) is 16.8. The van der Waals surface area contributed by atoms with Gasteiger partial charge in [0.2, 0.25) is 5.91 Å². The fraction of sp³-hybridized carbons (Fsp3) is 0.409. The lowest BCUT2D eigenvalue weighted by molar-refractivity contribution is -0.136. The molecule has 2 aromatic rings. The minimum Gasteiger partial charge on any atom is -0.388 e. The summed E-state index contributed by atoms with van der Waals surface area (Å²) >= 11 is 0. The first-order chi connectivity index (χ1) is 13.9. The van der Waals surface area contributed by atoms with Gasteiger partial charge in [-0.05, 0) is 18.4 Å². The number of nitrogens with zero attached hydrogens (tertiary/aromatic N) is 3. The molecule has 0 unspecified atom stereocenters. The molecule has 1 fully saturated rings. The molecular formula is C22H28N4O3. The van der Waals surface area contributed by atoms with E-state index in [9.17, 15) is 14.7 Å². The molecule has 0 radical (unpaired) electrons. The second-order valence-corrected chi connectivity index (χ2v) is 7.55. The molecule has 1 aromatic heterocycles. The van der Waals surface area contributed by atoms with Gasteiger partial charge in [-0.3, -0.25) is 14.2 Å². The van der Waals surface area contributed by atoms with Crippen LogP contribution in [0.25, 0.3) is 0 Å². The predicted octanol–water partition coefficient (Wildman–Crippen LogP) is 2.00. The number of hydrogen-bond donors (Lipinski definition) is 2. The van der Waals surface area contributed by atoms with Gasteiger partial charge in [0.25, 0.3) is 5.56 Å². The van der Waals surface area contributed by atoms with E-state index in [0.29, 0.717) is 38.2 Å². The summed E-state index contributed by atoms with van der Waals surface area (Å²) in [6.45, 7) is 4.97. The van der Waals surface area contributed by atoms with E-state index in [-0.39, 0.29) is 23.9 Å². The Balaban J connectivity index is 1.58. The number of nitrogens with one attached hydrogen (secondary N) is 1. The van der Waals surface area contributed by atoms with Crippen LogP contribution in [0.15, 0.2) is 60.2 Å². The molecule has 1 amide bonds. The number of aliphatic hydroxyl groups is 1. The Bertz CT molecular complexity index is 902. The Morgan fingerprint density at radius 1 is 1.34 bits per heavy atom. The molecule has 3 rings (SSSR count). The number of rotatable bonds is 7. The first-order valence-corrected chi connectivity index (χ1v) is 9.86. The highest BCUT2D eigenvalue weighted by atomic mass is 16.3. The molecule has 0 saturated carbocycles. The number of carbonyl (C=O) groups excluding carboxylic acids is 1. The fourth-order valence-electron chi connectivity index (χ4n) is 3.68. The second kappa shape index (κ2) is 9.05. The molecule has 1 aliphatic heterocycles. The van der Waals surface area contributed by atoms with Gasteiger partial charge >= 0.3 is 0 Å². The third kappa shape index (κ3) is 5.12. The lowest BCUT2D eigenvalue weighted by Crippen LogP contribution is -2.49. The van der Waals surface area contributed by atoms with E-state index in [4.69, 9.17) is 0 Å². The van der Waals surface area contributed by atoms with Crippen molar-refractivity contribution in [3.63, 3.8) is 0 Å². The van der Waals surface area contributed by atoms with Crippen LogP contribution in [0.1, 0.15) is 30.7 Å². The lowest BCUT2D eigenvalue weighted by Gasteiger charge is -2.38. The molecule has 2 N–H and O–H groups in total. The van der Waals surface area contributed by atoms with Crippen LogP contribution in [-0.2, 0) is 11.3 Å². The SMILES string of the molecule is C=C[C@H](CC(=O)N1CCC(O)(Cn2cnc(NC)cc2=O)CC1)c1ccccc1. The molecule has 7 nitrogen and oxygen atoms in total. The predicted molar refractivity (Wildman–Crippen MR) is 113 cm³/mol. The average Bonchev–Trinajstić information content (AvgIpc) is 2.74. The molecule has 0 spiro atoms. The third-order valence-electron chi connectivity index (χ3n) is 5.55. The highest BCUT2D eigenvalue weighted by molar-refractivity contribution is 5.77. The number of piperidine rings is 1. The smallest absolute Gasteiger partial charge is 0.255 e. The van der Waals surface area contributed by atoms with Crippen molar-refractivity contribution in [1.29, 1.82) is 0 Å². The minimum absolute atomic E-state index is 0.0279. The van der Waals surface area contributed by atoms with Gasteiger partial charge in [-0.2, -0.15) is 0 Å². The van der Waals surface area contributed by atoms with Gasteiger partial charge in [-0.1, -0.05) is 36.4 Å². The van der Waals surface area contributed by atoms with E-state index >= 15 is 0 Å². The maximum Gasteiger partial charge on any atom is 0.255 e. The zero-order chi connectivity index (χ0) is 20.9. The highest BCUT2D eigenvalue weighted by Crippen LogP contribution is 2.27. The molecule has 2 heterocycles. The summed E-state index contributed by atoms with van der Waals surface area (Å²) < 4.78 is 1.42. The Morgan fingerprint density at radius 2 is 2.03 bits per heavy atom. The van der Waals surface area contributed by atoms with Gasteiger partial charge in [0.1, 0.15) is 5.82 Å². The fourth-order valence-corrected chi connectivity index (χ4v) is 3.68. The van der Waals surface area contributed by atoms with Gasteiger partial charge in [-0.25, -0.2) is 4.98 Å². The Labute approximate surface area is 170 Å². The second-order valence-electron chi connectivity index (χ2n) is 7.55. The van der Waals surface area contributed by atoms with E-state index in [1.54, 1.807) is 11.9 Å². The number of amides is 1. The van der Waals surface area contributed by atoms with Crippen LogP contribution in [0.4, 0.5) is 5.82 Å². The summed E-state index contributed by atoms with van der Waals surface area (Å²) in [4.78, 5) is 30.9. The lowest BCUT2D eigenvalue weighted by atomic mass is 9.90. The molecule has 0 bridgehead atoms. The van der Waals surface area contributed by atoms with Crippen molar-refractivity contribution in [2.24, 2.45) is 0 Å². The van der Waals surface area contributed by atoms with Crippen molar-refractivity contribution in [2.75, 3.05) is 25.5 Å². The summed E-state index contributed by atoms with van der Waals surface area (Å²) in [7, 11) is 1.70. The zero-order valence-corrected chi connectivity index (χ0v) is 16.8. The number of likely N-dealkylation sites (tertiary alicyclic amines) is 1. The first-order valence-electron chi connectivity index (χ1n) is 9.86. The summed E-state index contributed by atoms with van der Waals surface area (Å²) in [5.41, 5.74) is -0.171. The van der Waals surface area contributed by atoms with Gasteiger partial charge in [-0.15, -0.1) is 6.58 Å². The normalized spacial score (nSPS) is 16.8. The maximum absolute atomic E-state index is 12.8. The van der Waals surface area contributed by atoms with Gasteiger partial charge in [0.15, 0.2) is 0 Å². The molecule has 1 atom stereocenters. The first kappa shape index (κ1) is 20.8. The Hall–Kier alpha value is -2.93. The summed E-state index contributed by atoms with van der Waals surface area (Å²) in [6, 6.07) is 11.3. The molecule has 154 valence electrons. The van der Waals surface area contributed by atoms with Gasteiger partial charge in [0.05, 0.1) is 18.5 Å². The van der Waals surface area contributed by atoms with Crippen molar-refractivity contribution in [3.8, 4) is 0 Å². The molecular weight excluding hydrogens is 368 g/mol. The third-order valence-corrected chi connectivity index (χ3v) is 5.55. The van der Waals surface area contributed by atoms with Crippen molar-refractivity contribution in [3.05, 3.63) is 71.3 Å². The largest absolute Gasteiger partial charge is 0.388 e. The van der Waals surface area contributed by atoms with Crippen molar-refractivity contribution >= 4 is 11.7 Å². The van der Waals surface area contributed by atoms with Crippen molar-refractivity contribution in [1.82, 2.24) is 14.5 Å². The van der Waals surface area contributed by atoms with Gasteiger partial charge < -0.3 is 15.3 Å². The monoisotopic (exact) mass is 396 g/mol. The summed E-state index contributed by atoms with van der Waals surface area (Å²) in [6.07, 6.45) is 4.45. The molecule has 1 aromatic carbocycles. The number of anilines is 1. The maximum atomic E-state index is 12.8. The quantitative estimate of drug-likeness (QED) is 0.699. The van der Waals surface area contributed by atoms with Crippen LogP contribution in [-0.4, -0.2) is 51.2 Å². The van der Waals surface area contributed by atoms with Crippen LogP contribution in [0.2, 0.25) is 0 Å². The Kier molecular flexibility index (Phi) is 6.49. The molecule has 29 heavy (non-hydrogen) atoms. The van der Waals surface area contributed by atoms with Crippen LogP contribution in [0, 0.1) is 0 Å². The van der Waals surface area contributed by atoms with Crippen molar-refractivity contribution in [2.45, 2.75) is 37.3 Å². The molecule has 7 heteroatoms. The molecule has 1 aliphatic rings. The number of benzene rings is 1. The van der Waals surface area contributed by atoms with E-state index < -0.39 is 5.60 Å². The van der Waals surface area contributed by atoms with Crippen LogP contribution in [0.5, 0.6) is 0 Å². The number of allylic oxidation sites excluding steroid dienone is 1. The standard InChI is InChI=1S/C22H28N4O3/c1-3-17(18-7-5-4-6-8-18)13-20(27)25-11-9-22(29,10-12-25)15-26-16-24-19(23-2)14-21(26)28/h3-8,14,16-17,23,29H,1,9-13,15H2,2H3/t17-/m1/s1. The Morgan fingerprint density at radius 3 is 2.62 bits per heavy atom. The number of aromatic nitrogens is 2.